The highest BCUT2D eigenvalue weighted by Gasteiger charge is 2.30. The van der Waals surface area contributed by atoms with Crippen LogP contribution in [0.2, 0.25) is 0 Å². The number of amides is 2. The molecule has 2 aromatic heterocycles. The van der Waals surface area contributed by atoms with Gasteiger partial charge in [-0.05, 0) is 24.3 Å². The Hall–Kier alpha value is -2.49. The number of carbonyl (C=O) groups is 2. The first kappa shape index (κ1) is 18.8. The minimum atomic E-state index is -4.44. The number of pyridine rings is 1. The van der Waals surface area contributed by atoms with Crippen LogP contribution in [-0.4, -0.2) is 35.6 Å². The fourth-order valence-electron chi connectivity index (χ4n) is 1.70. The van der Waals surface area contributed by atoms with Crippen LogP contribution in [0.5, 0.6) is 0 Å². The summed E-state index contributed by atoms with van der Waals surface area (Å²) in [6.45, 7) is 0.431. The maximum Gasteiger partial charge on any atom is 0.417 e. The van der Waals surface area contributed by atoms with Crippen LogP contribution in [0.25, 0.3) is 0 Å². The average molecular weight is 373 g/mol. The summed E-state index contributed by atoms with van der Waals surface area (Å²) in [5, 5.41) is 5.45. The summed E-state index contributed by atoms with van der Waals surface area (Å²) in [5.74, 6) is -0.526. The summed E-state index contributed by atoms with van der Waals surface area (Å²) < 4.78 is 42.1. The molecule has 0 aliphatic rings. The molecule has 2 rings (SSSR count). The van der Waals surface area contributed by atoms with Crippen LogP contribution in [0.15, 0.2) is 46.2 Å². The van der Waals surface area contributed by atoms with Gasteiger partial charge in [-0.2, -0.15) is 13.2 Å². The Bertz CT molecular complexity index is 703. The first-order valence-corrected chi connectivity index (χ1v) is 8.09. The highest BCUT2D eigenvalue weighted by Crippen LogP contribution is 2.29. The highest BCUT2D eigenvalue weighted by atomic mass is 32.2. The number of carbonyl (C=O) groups excluding carboxylic acids is 2. The zero-order valence-electron chi connectivity index (χ0n) is 12.8. The van der Waals surface area contributed by atoms with Gasteiger partial charge in [-0.1, -0.05) is 11.8 Å². The van der Waals surface area contributed by atoms with Gasteiger partial charge in [0.1, 0.15) is 0 Å². The fourth-order valence-corrected chi connectivity index (χ4v) is 2.37. The smallest absolute Gasteiger partial charge is 0.417 e. The minimum Gasteiger partial charge on any atom is -0.459 e. The van der Waals surface area contributed by atoms with Gasteiger partial charge in [0, 0.05) is 19.3 Å². The molecule has 2 heterocycles. The number of hydrogen-bond donors (Lipinski definition) is 2. The van der Waals surface area contributed by atoms with Crippen LogP contribution >= 0.6 is 11.8 Å². The predicted octanol–water partition coefficient (Wildman–Crippen LogP) is 2.33. The second-order valence-corrected chi connectivity index (χ2v) is 5.75. The van der Waals surface area contributed by atoms with Crippen molar-refractivity contribution in [3.63, 3.8) is 0 Å². The molecule has 10 heteroatoms. The molecular formula is C15H14F3N3O3S. The second kappa shape index (κ2) is 8.56. The number of alkyl halides is 3. The molecule has 0 aromatic carbocycles. The van der Waals surface area contributed by atoms with Crippen LogP contribution in [0.4, 0.5) is 13.2 Å². The Kier molecular flexibility index (Phi) is 6.45. The third-order valence-corrected chi connectivity index (χ3v) is 3.84. The number of halogens is 3. The molecule has 0 spiro atoms. The number of furan rings is 1. The molecule has 0 radical (unpaired) electrons. The van der Waals surface area contributed by atoms with Gasteiger partial charge in [0.05, 0.1) is 22.6 Å². The molecule has 0 saturated heterocycles. The molecule has 0 fully saturated rings. The number of thioether (sulfide) groups is 1. The quantitative estimate of drug-likeness (QED) is 0.575. The molecule has 0 bridgehead atoms. The zero-order chi connectivity index (χ0) is 18.3. The Morgan fingerprint density at radius 2 is 1.92 bits per heavy atom. The molecule has 0 saturated carbocycles. The van der Waals surface area contributed by atoms with E-state index in [9.17, 15) is 22.8 Å². The summed E-state index contributed by atoms with van der Waals surface area (Å²) in [6, 6.07) is 5.23. The molecule has 2 aromatic rings. The number of hydrogen-bond acceptors (Lipinski definition) is 5. The lowest BCUT2D eigenvalue weighted by molar-refractivity contribution is -0.137. The lowest BCUT2D eigenvalue weighted by Crippen LogP contribution is -2.35. The van der Waals surface area contributed by atoms with Gasteiger partial charge in [-0.3, -0.25) is 9.59 Å². The standard InChI is InChI=1S/C15H14F3N3O3S/c16-15(17,18)10-3-4-13(21-8-10)25-9-12(22)19-5-6-20-14(23)11-2-1-7-24-11/h1-4,7-8H,5-6,9H2,(H,19,22)(H,20,23). The van der Waals surface area contributed by atoms with E-state index >= 15 is 0 Å². The zero-order valence-corrected chi connectivity index (χ0v) is 13.6. The van der Waals surface area contributed by atoms with Crippen LogP contribution in [0.1, 0.15) is 16.1 Å². The predicted molar refractivity (Wildman–Crippen MR) is 84.0 cm³/mol. The van der Waals surface area contributed by atoms with Crippen molar-refractivity contribution in [2.24, 2.45) is 0 Å². The molecule has 0 aliphatic carbocycles. The van der Waals surface area contributed by atoms with E-state index in [-0.39, 0.29) is 36.4 Å². The highest BCUT2D eigenvalue weighted by molar-refractivity contribution is 7.99. The van der Waals surface area contributed by atoms with Crippen molar-refractivity contribution < 1.29 is 27.2 Å². The number of aromatic nitrogens is 1. The van der Waals surface area contributed by atoms with Gasteiger partial charge >= 0.3 is 6.18 Å². The summed E-state index contributed by atoms with van der Waals surface area (Å²) in [6.07, 6.45) is -2.33. The molecule has 0 unspecified atom stereocenters. The summed E-state index contributed by atoms with van der Waals surface area (Å²) in [7, 11) is 0. The van der Waals surface area contributed by atoms with Crippen molar-refractivity contribution in [2.45, 2.75) is 11.2 Å². The third kappa shape index (κ3) is 6.14. The number of nitrogens with zero attached hydrogens (tertiary/aromatic N) is 1. The van der Waals surface area contributed by atoms with Crippen molar-refractivity contribution in [1.29, 1.82) is 0 Å². The number of nitrogens with one attached hydrogen (secondary N) is 2. The number of rotatable bonds is 7. The van der Waals surface area contributed by atoms with E-state index < -0.39 is 11.7 Å². The minimum absolute atomic E-state index is 0.00446. The van der Waals surface area contributed by atoms with E-state index in [4.69, 9.17) is 4.42 Å². The van der Waals surface area contributed by atoms with Crippen LogP contribution in [0.3, 0.4) is 0 Å². The summed E-state index contributed by atoms with van der Waals surface area (Å²) >= 11 is 1.02. The summed E-state index contributed by atoms with van der Waals surface area (Å²) in [5.41, 5.74) is -0.839. The van der Waals surface area contributed by atoms with Gasteiger partial charge in [0.25, 0.3) is 5.91 Å². The summed E-state index contributed by atoms with van der Waals surface area (Å²) in [4.78, 5) is 26.9. The Morgan fingerprint density at radius 3 is 2.52 bits per heavy atom. The molecule has 2 N–H and O–H groups in total. The normalized spacial score (nSPS) is 11.2. The van der Waals surface area contributed by atoms with Gasteiger partial charge in [0.2, 0.25) is 5.91 Å². The van der Waals surface area contributed by atoms with Gasteiger partial charge < -0.3 is 15.1 Å². The first-order chi connectivity index (χ1) is 11.9. The molecular weight excluding hydrogens is 359 g/mol. The molecule has 0 aliphatic heterocycles. The SMILES string of the molecule is O=C(CSc1ccc(C(F)(F)F)cn1)NCCNC(=O)c1ccco1. The van der Waals surface area contributed by atoms with E-state index in [1.807, 2.05) is 0 Å². The first-order valence-electron chi connectivity index (χ1n) is 7.10. The average Bonchev–Trinajstić information content (AvgIpc) is 3.11. The van der Waals surface area contributed by atoms with Gasteiger partial charge in [-0.25, -0.2) is 4.98 Å². The van der Waals surface area contributed by atoms with Crippen molar-refractivity contribution >= 4 is 23.6 Å². The maximum absolute atomic E-state index is 12.4. The van der Waals surface area contributed by atoms with Crippen molar-refractivity contribution in [3.05, 3.63) is 48.0 Å². The third-order valence-electron chi connectivity index (χ3n) is 2.89. The van der Waals surface area contributed by atoms with E-state index in [1.165, 1.54) is 18.4 Å². The fraction of sp³-hybridized carbons (Fsp3) is 0.267. The van der Waals surface area contributed by atoms with Gasteiger partial charge in [0.15, 0.2) is 5.76 Å². The Balaban J connectivity index is 1.64. The van der Waals surface area contributed by atoms with Crippen LogP contribution in [0, 0.1) is 0 Å². The van der Waals surface area contributed by atoms with Crippen molar-refractivity contribution in [2.75, 3.05) is 18.8 Å². The molecule has 2 amide bonds. The molecule has 0 atom stereocenters. The Labute approximate surface area is 145 Å². The van der Waals surface area contributed by atoms with Crippen molar-refractivity contribution in [3.8, 4) is 0 Å². The maximum atomic E-state index is 12.4. The molecule has 25 heavy (non-hydrogen) atoms. The monoisotopic (exact) mass is 373 g/mol. The van der Waals surface area contributed by atoms with Crippen molar-refractivity contribution in [1.82, 2.24) is 15.6 Å². The topological polar surface area (TPSA) is 84.2 Å². The van der Waals surface area contributed by atoms with Crippen LogP contribution in [-0.2, 0) is 11.0 Å². The van der Waals surface area contributed by atoms with E-state index in [2.05, 4.69) is 15.6 Å². The van der Waals surface area contributed by atoms with E-state index in [1.54, 1.807) is 6.07 Å². The van der Waals surface area contributed by atoms with E-state index in [0.717, 1.165) is 24.0 Å². The Morgan fingerprint density at radius 1 is 1.16 bits per heavy atom. The largest absolute Gasteiger partial charge is 0.459 e. The van der Waals surface area contributed by atoms with Gasteiger partial charge in [-0.15, -0.1) is 0 Å². The van der Waals surface area contributed by atoms with E-state index in [0.29, 0.717) is 5.03 Å². The van der Waals surface area contributed by atoms with Crippen LogP contribution < -0.4 is 10.6 Å². The lowest BCUT2D eigenvalue weighted by Gasteiger charge is -2.07. The molecule has 134 valence electrons. The molecule has 6 nitrogen and oxygen atoms in total. The second-order valence-electron chi connectivity index (χ2n) is 4.75. The lowest BCUT2D eigenvalue weighted by atomic mass is 10.3.